The Balaban J connectivity index is 3.62. The van der Waals surface area contributed by atoms with Crippen LogP contribution in [0.15, 0.2) is 0 Å². The fraction of sp³-hybridized carbons (Fsp3) is 1.00. The third-order valence-electron chi connectivity index (χ3n) is 1.36. The van der Waals surface area contributed by atoms with E-state index in [0.29, 0.717) is 6.42 Å². The highest BCUT2D eigenvalue weighted by Gasteiger charge is 2.18. The fourth-order valence-corrected chi connectivity index (χ4v) is 1.32. The predicted octanol–water partition coefficient (Wildman–Crippen LogP) is 2.02. The maximum absolute atomic E-state index is 10.3. The van der Waals surface area contributed by atoms with Gasteiger partial charge in [-0.2, -0.15) is 8.42 Å². The fourth-order valence-electron chi connectivity index (χ4n) is 0.704. The molecule has 0 aliphatic heterocycles. The summed E-state index contributed by atoms with van der Waals surface area (Å²) in [6, 6.07) is 0. The minimum absolute atomic E-state index is 0.328. The van der Waals surface area contributed by atoms with Gasteiger partial charge in [-0.15, -0.1) is 11.6 Å². The van der Waals surface area contributed by atoms with Crippen molar-refractivity contribution in [1.29, 1.82) is 0 Å². The summed E-state index contributed by atoms with van der Waals surface area (Å²) in [5.74, 6) is 0. The third kappa shape index (κ3) is 5.47. The molecule has 1 N–H and O–H groups in total. The first-order valence-electron chi connectivity index (χ1n) is 3.59. The molecule has 0 amide bonds. The molecule has 0 spiro atoms. The van der Waals surface area contributed by atoms with Gasteiger partial charge in [0.15, 0.2) is 4.71 Å². The number of unbranched alkanes of at least 4 members (excludes halogenated alkanes) is 2. The first-order valence-corrected chi connectivity index (χ1v) is 5.52. The van der Waals surface area contributed by atoms with E-state index in [2.05, 4.69) is 0 Å². The van der Waals surface area contributed by atoms with Crippen molar-refractivity contribution in [2.24, 2.45) is 0 Å². The number of halogens is 1. The molecule has 0 rings (SSSR count). The van der Waals surface area contributed by atoms with Crippen molar-refractivity contribution in [1.82, 2.24) is 0 Å². The third-order valence-corrected chi connectivity index (χ3v) is 3.13. The van der Waals surface area contributed by atoms with E-state index in [1.807, 2.05) is 6.92 Å². The Kier molecular flexibility index (Phi) is 5.04. The predicted molar refractivity (Wildman–Crippen MR) is 45.3 cm³/mol. The summed E-state index contributed by atoms with van der Waals surface area (Å²) in [6.45, 7) is 2.01. The normalized spacial score (nSPS) is 14.8. The minimum atomic E-state index is -4.02. The lowest BCUT2D eigenvalue weighted by atomic mass is 10.2. The standard InChI is InChI=1S/C6H13ClO3S/c1-2-3-4-5-6(7)11(8,9)10/h6H,2-5H2,1H3,(H,8,9,10). The Labute approximate surface area is 72.5 Å². The Morgan fingerprint density at radius 3 is 2.36 bits per heavy atom. The second-order valence-corrected chi connectivity index (χ2v) is 4.81. The van der Waals surface area contributed by atoms with Crippen molar-refractivity contribution in [3.63, 3.8) is 0 Å². The van der Waals surface area contributed by atoms with Gasteiger partial charge in [0.1, 0.15) is 0 Å². The van der Waals surface area contributed by atoms with Crippen LogP contribution in [-0.4, -0.2) is 17.7 Å². The van der Waals surface area contributed by atoms with Crippen molar-refractivity contribution < 1.29 is 13.0 Å². The van der Waals surface area contributed by atoms with Gasteiger partial charge in [0.25, 0.3) is 10.1 Å². The molecule has 0 aromatic rings. The molecule has 0 saturated carbocycles. The van der Waals surface area contributed by atoms with E-state index in [-0.39, 0.29) is 0 Å². The maximum Gasteiger partial charge on any atom is 0.281 e. The van der Waals surface area contributed by atoms with E-state index in [0.717, 1.165) is 19.3 Å². The van der Waals surface area contributed by atoms with Crippen LogP contribution in [0.2, 0.25) is 0 Å². The molecule has 11 heavy (non-hydrogen) atoms. The van der Waals surface area contributed by atoms with Crippen LogP contribution in [0, 0.1) is 0 Å². The monoisotopic (exact) mass is 200 g/mol. The molecule has 0 aliphatic rings. The van der Waals surface area contributed by atoms with Gasteiger partial charge in [-0.3, -0.25) is 4.55 Å². The SMILES string of the molecule is CCCCCC(Cl)S(=O)(=O)O. The average molecular weight is 201 g/mol. The van der Waals surface area contributed by atoms with Crippen molar-refractivity contribution in [2.75, 3.05) is 0 Å². The van der Waals surface area contributed by atoms with Gasteiger partial charge in [-0.25, -0.2) is 0 Å². The highest BCUT2D eigenvalue weighted by atomic mass is 35.5. The molecule has 1 atom stereocenters. The van der Waals surface area contributed by atoms with E-state index >= 15 is 0 Å². The average Bonchev–Trinajstić information content (AvgIpc) is 1.86. The molecule has 68 valence electrons. The lowest BCUT2D eigenvalue weighted by molar-refractivity contribution is 0.474. The zero-order valence-corrected chi connectivity index (χ0v) is 8.03. The van der Waals surface area contributed by atoms with Crippen molar-refractivity contribution >= 4 is 21.7 Å². The molecule has 0 aromatic heterocycles. The number of hydrogen-bond acceptors (Lipinski definition) is 2. The van der Waals surface area contributed by atoms with Crippen molar-refractivity contribution in [3.05, 3.63) is 0 Å². The summed E-state index contributed by atoms with van der Waals surface area (Å²) in [6.07, 6.45) is 3.02. The zero-order valence-electron chi connectivity index (χ0n) is 6.46. The van der Waals surface area contributed by atoms with Crippen LogP contribution in [0.3, 0.4) is 0 Å². The van der Waals surface area contributed by atoms with Gasteiger partial charge < -0.3 is 0 Å². The maximum atomic E-state index is 10.3. The second-order valence-electron chi connectivity index (χ2n) is 2.42. The molecule has 0 bridgehead atoms. The lowest BCUT2D eigenvalue weighted by Crippen LogP contribution is -2.13. The quantitative estimate of drug-likeness (QED) is 0.420. The number of alkyl halides is 1. The van der Waals surface area contributed by atoms with Crippen LogP contribution in [-0.2, 0) is 10.1 Å². The molecular formula is C6H13ClO3S. The largest absolute Gasteiger partial charge is 0.284 e. The van der Waals surface area contributed by atoms with Gasteiger partial charge >= 0.3 is 0 Å². The first-order chi connectivity index (χ1) is 4.98. The van der Waals surface area contributed by atoms with E-state index in [9.17, 15) is 8.42 Å². The molecule has 0 aliphatic carbocycles. The molecule has 5 heteroatoms. The summed E-state index contributed by atoms with van der Waals surface area (Å²) in [5.41, 5.74) is 0. The summed E-state index contributed by atoms with van der Waals surface area (Å²) in [5, 5.41) is 0. The summed E-state index contributed by atoms with van der Waals surface area (Å²) in [7, 11) is -4.02. The molecule has 3 nitrogen and oxygen atoms in total. The second kappa shape index (κ2) is 4.95. The Morgan fingerprint density at radius 1 is 1.45 bits per heavy atom. The molecule has 0 radical (unpaired) electrons. The number of rotatable bonds is 5. The van der Waals surface area contributed by atoms with Crippen LogP contribution in [0.4, 0.5) is 0 Å². The van der Waals surface area contributed by atoms with E-state index in [1.165, 1.54) is 0 Å². The zero-order chi connectivity index (χ0) is 8.91. The minimum Gasteiger partial charge on any atom is -0.284 e. The Bertz CT molecular complexity index is 188. The topological polar surface area (TPSA) is 54.4 Å². The lowest BCUT2D eigenvalue weighted by Gasteiger charge is -2.03. The van der Waals surface area contributed by atoms with Crippen molar-refractivity contribution in [2.45, 2.75) is 37.3 Å². The van der Waals surface area contributed by atoms with Crippen LogP contribution >= 0.6 is 11.6 Å². The highest BCUT2D eigenvalue weighted by Crippen LogP contribution is 2.13. The summed E-state index contributed by atoms with van der Waals surface area (Å²) >= 11 is 5.35. The van der Waals surface area contributed by atoms with Crippen molar-refractivity contribution in [3.8, 4) is 0 Å². The van der Waals surface area contributed by atoms with Crippen LogP contribution in [0.1, 0.15) is 32.6 Å². The van der Waals surface area contributed by atoms with Crippen LogP contribution in [0.5, 0.6) is 0 Å². The van der Waals surface area contributed by atoms with Gasteiger partial charge in [-0.05, 0) is 6.42 Å². The molecule has 0 saturated heterocycles. The molecule has 0 heterocycles. The van der Waals surface area contributed by atoms with Gasteiger partial charge in [-0.1, -0.05) is 26.2 Å². The molecule has 1 unspecified atom stereocenters. The number of hydrogen-bond donors (Lipinski definition) is 1. The Hall–Kier alpha value is 0.200. The summed E-state index contributed by atoms with van der Waals surface area (Å²) < 4.78 is 28.0. The van der Waals surface area contributed by atoms with E-state index < -0.39 is 14.8 Å². The molecule has 0 fully saturated rings. The van der Waals surface area contributed by atoms with Crippen LogP contribution < -0.4 is 0 Å². The van der Waals surface area contributed by atoms with Gasteiger partial charge in [0, 0.05) is 0 Å². The van der Waals surface area contributed by atoms with Crippen LogP contribution in [0.25, 0.3) is 0 Å². The smallest absolute Gasteiger partial charge is 0.281 e. The molecule has 0 aromatic carbocycles. The van der Waals surface area contributed by atoms with E-state index in [4.69, 9.17) is 16.2 Å². The molecular weight excluding hydrogens is 188 g/mol. The highest BCUT2D eigenvalue weighted by molar-refractivity contribution is 7.87. The summed E-state index contributed by atoms with van der Waals surface area (Å²) in [4.78, 5) is 0. The van der Waals surface area contributed by atoms with Gasteiger partial charge in [0.2, 0.25) is 0 Å². The first kappa shape index (κ1) is 11.2. The van der Waals surface area contributed by atoms with Gasteiger partial charge in [0.05, 0.1) is 0 Å². The Morgan fingerprint density at radius 2 is 2.00 bits per heavy atom. The van der Waals surface area contributed by atoms with E-state index in [1.54, 1.807) is 0 Å².